The van der Waals surface area contributed by atoms with E-state index in [9.17, 15) is 0 Å². The molecule has 1 aromatic carbocycles. The zero-order valence-corrected chi connectivity index (χ0v) is 12.1. The summed E-state index contributed by atoms with van der Waals surface area (Å²) in [6.45, 7) is 2.36. The normalized spacial score (nSPS) is 26.8. The molecule has 1 atom stereocenters. The molecule has 0 saturated heterocycles. The van der Waals surface area contributed by atoms with Crippen molar-refractivity contribution < 1.29 is 0 Å². The highest BCUT2D eigenvalue weighted by Gasteiger charge is 2.23. The fourth-order valence-corrected chi connectivity index (χ4v) is 3.25. The second kappa shape index (κ2) is 6.01. The minimum Gasteiger partial charge on any atom is -0.327 e. The summed E-state index contributed by atoms with van der Waals surface area (Å²) in [5.41, 5.74) is 7.72. The standard InChI is InChI=1S/C15H22BrN/c1-11-6-8-12(9-7-11)15(17)10-13-4-2-3-5-14(13)16/h2-5,11-12,15H,6-10,17H2,1H3. The Labute approximate surface area is 113 Å². The van der Waals surface area contributed by atoms with Crippen LogP contribution >= 0.6 is 15.9 Å². The summed E-state index contributed by atoms with van der Waals surface area (Å²) in [4.78, 5) is 0. The number of hydrogen-bond donors (Lipinski definition) is 1. The molecule has 2 N–H and O–H groups in total. The van der Waals surface area contributed by atoms with Gasteiger partial charge in [0.1, 0.15) is 0 Å². The molecular weight excluding hydrogens is 274 g/mol. The maximum absolute atomic E-state index is 6.37. The molecule has 0 bridgehead atoms. The second-order valence-corrected chi connectivity index (χ2v) is 6.33. The molecule has 1 aliphatic rings. The molecule has 1 fully saturated rings. The third-order valence-electron chi connectivity index (χ3n) is 4.08. The average Bonchev–Trinajstić information content (AvgIpc) is 2.33. The van der Waals surface area contributed by atoms with Crippen molar-refractivity contribution in [1.29, 1.82) is 0 Å². The van der Waals surface area contributed by atoms with Crippen molar-refractivity contribution in [2.75, 3.05) is 0 Å². The van der Waals surface area contributed by atoms with Crippen LogP contribution in [0.15, 0.2) is 28.7 Å². The molecule has 0 aliphatic heterocycles. The van der Waals surface area contributed by atoms with Gasteiger partial charge in [0.2, 0.25) is 0 Å². The van der Waals surface area contributed by atoms with Crippen LogP contribution in [0.25, 0.3) is 0 Å². The van der Waals surface area contributed by atoms with Crippen LogP contribution in [0, 0.1) is 11.8 Å². The predicted octanol–water partition coefficient (Wildman–Crippen LogP) is 4.15. The highest BCUT2D eigenvalue weighted by Crippen LogP contribution is 2.31. The second-order valence-electron chi connectivity index (χ2n) is 5.48. The zero-order chi connectivity index (χ0) is 12.3. The Balaban J connectivity index is 1.93. The van der Waals surface area contributed by atoms with Gasteiger partial charge < -0.3 is 5.73 Å². The number of nitrogens with two attached hydrogens (primary N) is 1. The average molecular weight is 296 g/mol. The van der Waals surface area contributed by atoms with Gasteiger partial charge in [0.15, 0.2) is 0 Å². The molecule has 1 nitrogen and oxygen atoms in total. The molecule has 1 aromatic rings. The Kier molecular flexibility index (Phi) is 4.63. The monoisotopic (exact) mass is 295 g/mol. The minimum absolute atomic E-state index is 0.321. The Bertz CT molecular complexity index is 356. The molecular formula is C15H22BrN. The van der Waals surface area contributed by atoms with Crippen molar-refractivity contribution in [3.8, 4) is 0 Å². The topological polar surface area (TPSA) is 26.0 Å². The zero-order valence-electron chi connectivity index (χ0n) is 10.5. The van der Waals surface area contributed by atoms with Crippen LogP contribution in [0.4, 0.5) is 0 Å². The molecule has 0 spiro atoms. The van der Waals surface area contributed by atoms with Crippen molar-refractivity contribution in [3.63, 3.8) is 0 Å². The molecule has 2 heteroatoms. The van der Waals surface area contributed by atoms with Crippen LogP contribution in [0.3, 0.4) is 0 Å². The van der Waals surface area contributed by atoms with Crippen LogP contribution in [0.1, 0.15) is 38.2 Å². The fraction of sp³-hybridized carbons (Fsp3) is 0.600. The van der Waals surface area contributed by atoms with Crippen molar-refractivity contribution >= 4 is 15.9 Å². The van der Waals surface area contributed by atoms with Crippen LogP contribution in [0.5, 0.6) is 0 Å². The molecule has 94 valence electrons. The first-order valence-electron chi connectivity index (χ1n) is 6.66. The molecule has 1 saturated carbocycles. The molecule has 0 radical (unpaired) electrons. The molecule has 0 heterocycles. The van der Waals surface area contributed by atoms with E-state index in [1.54, 1.807) is 0 Å². The van der Waals surface area contributed by atoms with Gasteiger partial charge in [0.05, 0.1) is 0 Å². The molecule has 1 aliphatic carbocycles. The highest BCUT2D eigenvalue weighted by molar-refractivity contribution is 9.10. The quantitative estimate of drug-likeness (QED) is 0.891. The van der Waals surface area contributed by atoms with Gasteiger partial charge in [-0.15, -0.1) is 0 Å². The van der Waals surface area contributed by atoms with Gasteiger partial charge in [0.25, 0.3) is 0 Å². The van der Waals surface area contributed by atoms with Gasteiger partial charge in [-0.05, 0) is 42.7 Å². The van der Waals surface area contributed by atoms with Crippen molar-refractivity contribution in [1.82, 2.24) is 0 Å². The summed E-state index contributed by atoms with van der Waals surface area (Å²) in [5, 5.41) is 0. The Morgan fingerprint density at radius 2 is 1.88 bits per heavy atom. The summed E-state index contributed by atoms with van der Waals surface area (Å²) < 4.78 is 1.19. The van der Waals surface area contributed by atoms with Gasteiger partial charge in [-0.3, -0.25) is 0 Å². The lowest BCUT2D eigenvalue weighted by Gasteiger charge is -2.30. The lowest BCUT2D eigenvalue weighted by Crippen LogP contribution is -2.34. The Hall–Kier alpha value is -0.340. The van der Waals surface area contributed by atoms with E-state index in [2.05, 4.69) is 47.1 Å². The summed E-state index contributed by atoms with van der Waals surface area (Å²) in [7, 11) is 0. The van der Waals surface area contributed by atoms with Crippen LogP contribution < -0.4 is 5.73 Å². The van der Waals surface area contributed by atoms with Crippen molar-refractivity contribution in [3.05, 3.63) is 34.3 Å². The lowest BCUT2D eigenvalue weighted by atomic mass is 9.78. The molecule has 1 unspecified atom stereocenters. The molecule has 2 rings (SSSR count). The number of rotatable bonds is 3. The van der Waals surface area contributed by atoms with E-state index in [1.807, 2.05) is 0 Å². The maximum atomic E-state index is 6.37. The largest absolute Gasteiger partial charge is 0.327 e. The fourth-order valence-electron chi connectivity index (χ4n) is 2.80. The van der Waals surface area contributed by atoms with Gasteiger partial charge in [-0.2, -0.15) is 0 Å². The maximum Gasteiger partial charge on any atom is 0.0207 e. The SMILES string of the molecule is CC1CCC(C(N)Cc2ccccc2Br)CC1. The van der Waals surface area contributed by atoms with Crippen LogP contribution in [0.2, 0.25) is 0 Å². The van der Waals surface area contributed by atoms with Crippen molar-refractivity contribution in [2.24, 2.45) is 17.6 Å². The van der Waals surface area contributed by atoms with Crippen LogP contribution in [-0.2, 0) is 6.42 Å². The smallest absolute Gasteiger partial charge is 0.0207 e. The van der Waals surface area contributed by atoms with Gasteiger partial charge >= 0.3 is 0 Å². The minimum atomic E-state index is 0.321. The summed E-state index contributed by atoms with van der Waals surface area (Å²) >= 11 is 3.60. The van der Waals surface area contributed by atoms with E-state index in [4.69, 9.17) is 5.73 Å². The molecule has 0 aromatic heterocycles. The van der Waals surface area contributed by atoms with Crippen molar-refractivity contribution in [2.45, 2.75) is 45.1 Å². The van der Waals surface area contributed by atoms with E-state index in [1.165, 1.54) is 35.7 Å². The summed E-state index contributed by atoms with van der Waals surface area (Å²) in [6.07, 6.45) is 6.34. The van der Waals surface area contributed by atoms with E-state index in [0.29, 0.717) is 6.04 Å². The molecule has 0 amide bonds. The summed E-state index contributed by atoms with van der Waals surface area (Å²) in [5.74, 6) is 1.63. The third-order valence-corrected chi connectivity index (χ3v) is 4.85. The van der Waals surface area contributed by atoms with Gasteiger partial charge in [-0.1, -0.05) is 53.9 Å². The van der Waals surface area contributed by atoms with Crippen LogP contribution in [-0.4, -0.2) is 6.04 Å². The third kappa shape index (κ3) is 3.56. The molecule has 17 heavy (non-hydrogen) atoms. The number of benzene rings is 1. The highest BCUT2D eigenvalue weighted by atomic mass is 79.9. The summed E-state index contributed by atoms with van der Waals surface area (Å²) in [6, 6.07) is 8.75. The first-order valence-corrected chi connectivity index (χ1v) is 7.45. The number of halogens is 1. The number of hydrogen-bond acceptors (Lipinski definition) is 1. The van der Waals surface area contributed by atoms with E-state index in [-0.39, 0.29) is 0 Å². The van der Waals surface area contributed by atoms with E-state index < -0.39 is 0 Å². The predicted molar refractivity (Wildman–Crippen MR) is 76.9 cm³/mol. The Morgan fingerprint density at radius 1 is 1.24 bits per heavy atom. The first kappa shape index (κ1) is 13.1. The van der Waals surface area contributed by atoms with E-state index in [0.717, 1.165) is 18.3 Å². The van der Waals surface area contributed by atoms with Gasteiger partial charge in [-0.25, -0.2) is 0 Å². The van der Waals surface area contributed by atoms with E-state index >= 15 is 0 Å². The lowest BCUT2D eigenvalue weighted by molar-refractivity contribution is 0.253. The van der Waals surface area contributed by atoms with Gasteiger partial charge in [0, 0.05) is 10.5 Å². The first-order chi connectivity index (χ1) is 8.16. The Morgan fingerprint density at radius 3 is 2.53 bits per heavy atom.